The Morgan fingerprint density at radius 2 is 1.94 bits per heavy atom. The van der Waals surface area contributed by atoms with E-state index in [0.717, 1.165) is 16.8 Å². The maximum absolute atomic E-state index is 11.9. The minimum Gasteiger partial charge on any atom is -0.294 e. The molecule has 2 nitrogen and oxygen atoms in total. The van der Waals surface area contributed by atoms with E-state index in [1.54, 1.807) is 6.20 Å². The fourth-order valence-corrected chi connectivity index (χ4v) is 1.70. The second kappa shape index (κ2) is 4.91. The van der Waals surface area contributed by atoms with Crippen molar-refractivity contribution >= 4 is 5.78 Å². The Morgan fingerprint density at radius 3 is 2.59 bits per heavy atom. The monoisotopic (exact) mass is 225 g/mol. The fraction of sp³-hybridized carbons (Fsp3) is 0.200. The lowest BCUT2D eigenvalue weighted by Gasteiger charge is -2.06. The fourth-order valence-electron chi connectivity index (χ4n) is 1.70. The lowest BCUT2D eigenvalue weighted by Crippen LogP contribution is -2.07. The molecule has 0 N–H and O–H groups in total. The van der Waals surface area contributed by atoms with Crippen LogP contribution in [-0.4, -0.2) is 10.8 Å². The van der Waals surface area contributed by atoms with E-state index in [1.165, 1.54) is 0 Å². The van der Waals surface area contributed by atoms with Crippen LogP contribution in [-0.2, 0) is 0 Å². The average molecular weight is 225 g/mol. The second-order valence-electron chi connectivity index (χ2n) is 4.31. The van der Waals surface area contributed by atoms with E-state index in [4.69, 9.17) is 0 Å². The minimum atomic E-state index is 0.0222. The van der Waals surface area contributed by atoms with Crippen molar-refractivity contribution in [2.45, 2.75) is 13.8 Å². The quantitative estimate of drug-likeness (QED) is 0.747. The number of benzene rings is 1. The molecule has 86 valence electrons. The molecule has 0 radical (unpaired) electrons. The largest absolute Gasteiger partial charge is 0.294 e. The number of nitrogens with zero attached hydrogens (tertiary/aromatic N) is 1. The van der Waals surface area contributed by atoms with Crippen molar-refractivity contribution in [1.82, 2.24) is 4.98 Å². The molecule has 17 heavy (non-hydrogen) atoms. The molecule has 0 atom stereocenters. The number of hydrogen-bond acceptors (Lipinski definition) is 2. The first-order valence-corrected chi connectivity index (χ1v) is 5.74. The summed E-state index contributed by atoms with van der Waals surface area (Å²) in [5.41, 5.74) is 2.63. The number of aromatic nitrogens is 1. The van der Waals surface area contributed by atoms with Crippen molar-refractivity contribution < 1.29 is 4.79 Å². The maximum atomic E-state index is 11.9. The molecular weight excluding hydrogens is 210 g/mol. The normalized spacial score (nSPS) is 10.5. The van der Waals surface area contributed by atoms with E-state index in [-0.39, 0.29) is 11.7 Å². The van der Waals surface area contributed by atoms with Crippen LogP contribution >= 0.6 is 0 Å². The summed E-state index contributed by atoms with van der Waals surface area (Å²) in [6, 6.07) is 13.4. The molecule has 0 saturated carbocycles. The van der Waals surface area contributed by atoms with Gasteiger partial charge in [0.15, 0.2) is 5.78 Å². The summed E-state index contributed by atoms with van der Waals surface area (Å²) in [4.78, 5) is 16.2. The van der Waals surface area contributed by atoms with E-state index in [2.05, 4.69) is 4.98 Å². The molecule has 2 heteroatoms. The summed E-state index contributed by atoms with van der Waals surface area (Å²) in [6.45, 7) is 3.82. The second-order valence-corrected chi connectivity index (χ2v) is 4.31. The van der Waals surface area contributed by atoms with Gasteiger partial charge in [-0.25, -0.2) is 0 Å². The van der Waals surface area contributed by atoms with Crippen molar-refractivity contribution in [3.8, 4) is 11.3 Å². The van der Waals surface area contributed by atoms with Crippen LogP contribution in [0.25, 0.3) is 11.3 Å². The Balaban J connectivity index is 2.39. The van der Waals surface area contributed by atoms with Crippen LogP contribution in [0.15, 0.2) is 48.7 Å². The molecule has 0 aliphatic rings. The van der Waals surface area contributed by atoms with Gasteiger partial charge in [-0.2, -0.15) is 0 Å². The van der Waals surface area contributed by atoms with Gasteiger partial charge in [0.1, 0.15) is 0 Å². The molecule has 0 aliphatic carbocycles. The van der Waals surface area contributed by atoms with Gasteiger partial charge in [0.2, 0.25) is 0 Å². The highest BCUT2D eigenvalue weighted by Gasteiger charge is 2.11. The van der Waals surface area contributed by atoms with Crippen molar-refractivity contribution in [3.63, 3.8) is 0 Å². The standard InChI is InChI=1S/C15H15NO/c1-11(2)15(17)13-7-5-6-12(10-13)14-8-3-4-9-16-14/h3-11H,1-2H3. The smallest absolute Gasteiger partial charge is 0.165 e. The number of carbonyl (C=O) groups is 1. The number of rotatable bonds is 3. The summed E-state index contributed by atoms with van der Waals surface area (Å²) >= 11 is 0. The van der Waals surface area contributed by atoms with Gasteiger partial charge in [-0.15, -0.1) is 0 Å². The molecule has 0 bridgehead atoms. The Morgan fingerprint density at radius 1 is 1.12 bits per heavy atom. The van der Waals surface area contributed by atoms with Crippen molar-refractivity contribution in [3.05, 3.63) is 54.2 Å². The summed E-state index contributed by atoms with van der Waals surface area (Å²) in [5.74, 6) is 0.191. The third kappa shape index (κ3) is 2.59. The average Bonchev–Trinajstić information content (AvgIpc) is 2.39. The first kappa shape index (κ1) is 11.5. The van der Waals surface area contributed by atoms with Gasteiger partial charge in [0.25, 0.3) is 0 Å². The molecule has 0 spiro atoms. The maximum Gasteiger partial charge on any atom is 0.165 e. The zero-order valence-corrected chi connectivity index (χ0v) is 10.1. The van der Waals surface area contributed by atoms with Crippen LogP contribution in [0.1, 0.15) is 24.2 Å². The molecule has 0 amide bonds. The van der Waals surface area contributed by atoms with E-state index >= 15 is 0 Å². The van der Waals surface area contributed by atoms with E-state index in [1.807, 2.05) is 56.3 Å². The molecular formula is C15H15NO. The van der Waals surface area contributed by atoms with Crippen molar-refractivity contribution in [2.24, 2.45) is 5.92 Å². The first-order chi connectivity index (χ1) is 8.18. The number of ketones is 1. The molecule has 1 aromatic carbocycles. The van der Waals surface area contributed by atoms with Crippen LogP contribution in [0.4, 0.5) is 0 Å². The van der Waals surface area contributed by atoms with Gasteiger partial charge >= 0.3 is 0 Å². The predicted molar refractivity (Wildman–Crippen MR) is 68.8 cm³/mol. The molecule has 1 aromatic heterocycles. The molecule has 2 aromatic rings. The number of hydrogen-bond donors (Lipinski definition) is 0. The highest BCUT2D eigenvalue weighted by molar-refractivity contribution is 5.98. The van der Waals surface area contributed by atoms with Crippen LogP contribution in [0, 0.1) is 5.92 Å². The van der Waals surface area contributed by atoms with E-state index in [0.29, 0.717) is 0 Å². The Bertz CT molecular complexity index is 517. The zero-order valence-electron chi connectivity index (χ0n) is 10.1. The van der Waals surface area contributed by atoms with E-state index < -0.39 is 0 Å². The zero-order chi connectivity index (χ0) is 12.3. The summed E-state index contributed by atoms with van der Waals surface area (Å²) in [5, 5.41) is 0. The molecule has 2 rings (SSSR count). The van der Waals surface area contributed by atoms with Crippen molar-refractivity contribution in [1.29, 1.82) is 0 Å². The Kier molecular flexibility index (Phi) is 3.33. The van der Waals surface area contributed by atoms with Gasteiger partial charge < -0.3 is 0 Å². The summed E-state index contributed by atoms with van der Waals surface area (Å²) < 4.78 is 0. The predicted octanol–water partition coefficient (Wildman–Crippen LogP) is 3.59. The number of Topliss-reactive ketones (excluding diaryl/α,β-unsaturated/α-hetero) is 1. The van der Waals surface area contributed by atoms with Crippen LogP contribution in [0.5, 0.6) is 0 Å². The number of carbonyl (C=O) groups excluding carboxylic acids is 1. The lowest BCUT2D eigenvalue weighted by molar-refractivity contribution is 0.0939. The molecule has 0 fully saturated rings. The lowest BCUT2D eigenvalue weighted by atomic mass is 9.98. The van der Waals surface area contributed by atoms with Gasteiger partial charge in [-0.1, -0.05) is 38.1 Å². The van der Waals surface area contributed by atoms with Crippen LogP contribution in [0.3, 0.4) is 0 Å². The van der Waals surface area contributed by atoms with Gasteiger partial charge in [-0.3, -0.25) is 9.78 Å². The number of pyridine rings is 1. The van der Waals surface area contributed by atoms with Crippen LogP contribution < -0.4 is 0 Å². The Labute approximate surface area is 101 Å². The van der Waals surface area contributed by atoms with Gasteiger partial charge in [0.05, 0.1) is 5.69 Å². The molecule has 0 unspecified atom stereocenters. The molecule has 0 aliphatic heterocycles. The van der Waals surface area contributed by atoms with Crippen LogP contribution in [0.2, 0.25) is 0 Å². The van der Waals surface area contributed by atoms with Gasteiger partial charge in [-0.05, 0) is 18.2 Å². The third-order valence-electron chi connectivity index (χ3n) is 2.63. The first-order valence-electron chi connectivity index (χ1n) is 5.74. The van der Waals surface area contributed by atoms with Crippen molar-refractivity contribution in [2.75, 3.05) is 0 Å². The molecule has 1 heterocycles. The Hall–Kier alpha value is -1.96. The van der Waals surface area contributed by atoms with Gasteiger partial charge in [0, 0.05) is 23.2 Å². The van der Waals surface area contributed by atoms with E-state index in [9.17, 15) is 4.79 Å². The highest BCUT2D eigenvalue weighted by atomic mass is 16.1. The minimum absolute atomic E-state index is 0.0222. The highest BCUT2D eigenvalue weighted by Crippen LogP contribution is 2.19. The SMILES string of the molecule is CC(C)C(=O)c1cccc(-c2ccccn2)c1. The summed E-state index contributed by atoms with van der Waals surface area (Å²) in [6.07, 6.45) is 1.76. The summed E-state index contributed by atoms with van der Waals surface area (Å²) in [7, 11) is 0. The third-order valence-corrected chi connectivity index (χ3v) is 2.63. The molecule has 0 saturated heterocycles. The topological polar surface area (TPSA) is 30.0 Å².